The second-order valence-electron chi connectivity index (χ2n) is 25.2. The van der Waals surface area contributed by atoms with Crippen molar-refractivity contribution in [2.75, 3.05) is 0 Å². The summed E-state index contributed by atoms with van der Waals surface area (Å²) in [6, 6.07) is 71.9. The second kappa shape index (κ2) is 13.7. The molecule has 354 valence electrons. The van der Waals surface area contributed by atoms with E-state index in [0.717, 1.165) is 0 Å². The summed E-state index contributed by atoms with van der Waals surface area (Å²) in [6.07, 6.45) is 0. The van der Waals surface area contributed by atoms with Crippen LogP contribution in [0.2, 0.25) is 0 Å². The molecule has 0 nitrogen and oxygen atoms in total. The van der Waals surface area contributed by atoms with Gasteiger partial charge in [-0.05, 0) is 221 Å². The van der Waals surface area contributed by atoms with Gasteiger partial charge in [-0.2, -0.15) is 0 Å². The molecule has 0 saturated carbocycles. The van der Waals surface area contributed by atoms with Crippen molar-refractivity contribution in [3.63, 3.8) is 0 Å². The predicted molar refractivity (Wildman–Crippen MR) is 324 cm³/mol. The Morgan fingerprint density at radius 1 is 0.240 bits per heavy atom. The third-order valence-electron chi connectivity index (χ3n) is 18.7. The van der Waals surface area contributed by atoms with Gasteiger partial charge in [-0.1, -0.05) is 213 Å². The zero-order chi connectivity index (χ0) is 50.3. The van der Waals surface area contributed by atoms with Gasteiger partial charge in [-0.15, -0.1) is 0 Å². The van der Waals surface area contributed by atoms with Crippen molar-refractivity contribution in [1.82, 2.24) is 0 Å². The van der Waals surface area contributed by atoms with Gasteiger partial charge in [0.2, 0.25) is 0 Å². The summed E-state index contributed by atoms with van der Waals surface area (Å²) < 4.78 is 0. The van der Waals surface area contributed by atoms with Gasteiger partial charge in [0.05, 0.1) is 0 Å². The van der Waals surface area contributed by atoms with Gasteiger partial charge in [-0.25, -0.2) is 0 Å². The fraction of sp³-hybridized carbons (Fsp3) is 0.147. The van der Waals surface area contributed by atoms with E-state index in [2.05, 4.69) is 237 Å². The van der Waals surface area contributed by atoms with Crippen molar-refractivity contribution in [3.05, 3.63) is 204 Å². The van der Waals surface area contributed by atoms with Crippen molar-refractivity contribution in [3.8, 4) is 77.9 Å². The monoisotopic (exact) mass is 954 g/mol. The smallest absolute Gasteiger partial charge is 0.0159 e. The molecule has 14 aromatic carbocycles. The Morgan fingerprint density at radius 3 is 0.947 bits per heavy atom. The summed E-state index contributed by atoms with van der Waals surface area (Å²) in [5.74, 6) is 0. The van der Waals surface area contributed by atoms with Crippen molar-refractivity contribution in [2.45, 2.75) is 71.6 Å². The normalized spacial score (nSPS) is 14.2. The van der Waals surface area contributed by atoms with E-state index in [1.54, 1.807) is 0 Å². The highest BCUT2D eigenvalue weighted by Gasteiger charge is 2.40. The Hall–Kier alpha value is -8.32. The van der Waals surface area contributed by atoms with Crippen LogP contribution in [0.1, 0.15) is 77.6 Å². The predicted octanol–water partition coefficient (Wildman–Crippen LogP) is 21.3. The minimum atomic E-state index is -0.179. The molecule has 0 aromatic heterocycles. The molecule has 0 saturated heterocycles. The summed E-state index contributed by atoms with van der Waals surface area (Å²) >= 11 is 0. The Bertz CT molecular complexity index is 4610. The molecule has 14 aromatic rings. The standard InChI is InChI=1S/C75H54/c1-73(2,3)45-31-41-17-15-39-19-23-47(55-25-21-43(33-45)67(41)69(39)55)49-27-29-57-61-37-65-63(35-59(61)53-13-9-11-51(49)71(53)57)64-36-60-54-14-10-12-52-50(28-30-58(72(52)54)62(60)38-66(64)75(65,7)8)48-24-20-40-16-18-42-32-46(74(4,5)6)34-44-22-26-56(48)70(40)68(42)44/h9-38H,1-8H3. The van der Waals surface area contributed by atoms with Crippen LogP contribution < -0.4 is 0 Å². The molecule has 0 heterocycles. The van der Waals surface area contributed by atoms with Crippen LogP contribution in [0.4, 0.5) is 0 Å². The zero-order valence-corrected chi connectivity index (χ0v) is 43.8. The lowest BCUT2D eigenvalue weighted by molar-refractivity contribution is 0.591. The van der Waals surface area contributed by atoms with Gasteiger partial charge in [0.1, 0.15) is 0 Å². The molecule has 0 unspecified atom stereocenters. The Labute approximate surface area is 437 Å². The van der Waals surface area contributed by atoms with E-state index in [1.165, 1.54) is 186 Å². The third kappa shape index (κ3) is 5.32. The lowest BCUT2D eigenvalue weighted by Gasteiger charge is -2.23. The first-order valence-corrected chi connectivity index (χ1v) is 27.1. The summed E-state index contributed by atoms with van der Waals surface area (Å²) in [4.78, 5) is 0. The van der Waals surface area contributed by atoms with E-state index >= 15 is 0 Å². The van der Waals surface area contributed by atoms with Gasteiger partial charge >= 0.3 is 0 Å². The fourth-order valence-corrected chi connectivity index (χ4v) is 14.9. The van der Waals surface area contributed by atoms with Crippen LogP contribution in [0, 0.1) is 0 Å². The SMILES string of the molecule is CC(C)(C)c1cc2ccc3ccc(-c4ccc5c6c(cccc46)-c4cc6c(cc4-5)C(C)(C)c4cc5c(cc4-6)-c4cccc6c(-c7ccc8ccc9cc(C(C)(C)C)cc%10ccc7c8c9%10)ccc-5c46)c4ccc(c1)c2c34. The molecule has 0 spiro atoms. The molecule has 0 atom stereocenters. The quantitative estimate of drug-likeness (QED) is 0.152. The molecule has 0 aliphatic heterocycles. The number of hydrogen-bond donors (Lipinski definition) is 0. The molecule has 0 radical (unpaired) electrons. The van der Waals surface area contributed by atoms with E-state index in [-0.39, 0.29) is 16.2 Å². The van der Waals surface area contributed by atoms with E-state index in [4.69, 9.17) is 0 Å². The van der Waals surface area contributed by atoms with Crippen LogP contribution in [0.5, 0.6) is 0 Å². The Morgan fingerprint density at radius 2 is 0.547 bits per heavy atom. The average molecular weight is 955 g/mol. The molecule has 0 N–H and O–H groups in total. The summed E-state index contributed by atoms with van der Waals surface area (Å²) in [5.41, 5.74) is 24.3. The lowest BCUT2D eigenvalue weighted by Crippen LogP contribution is -2.15. The van der Waals surface area contributed by atoms with Gasteiger partial charge in [-0.3, -0.25) is 0 Å². The summed E-state index contributed by atoms with van der Waals surface area (Å²) in [6.45, 7) is 18.8. The van der Waals surface area contributed by atoms with E-state index in [1.807, 2.05) is 0 Å². The molecule has 17 rings (SSSR count). The maximum absolute atomic E-state index is 2.56. The highest BCUT2D eigenvalue weighted by atomic mass is 14.4. The van der Waals surface area contributed by atoms with Crippen molar-refractivity contribution >= 4 is 86.2 Å². The molecular weight excluding hydrogens is 901 g/mol. The third-order valence-corrected chi connectivity index (χ3v) is 18.7. The summed E-state index contributed by atoms with van der Waals surface area (Å²) in [7, 11) is 0. The van der Waals surface area contributed by atoms with Crippen LogP contribution in [-0.4, -0.2) is 0 Å². The number of hydrogen-bond acceptors (Lipinski definition) is 0. The Balaban J connectivity index is 0.796. The van der Waals surface area contributed by atoms with E-state index in [9.17, 15) is 0 Å². The highest BCUT2D eigenvalue weighted by molar-refractivity contribution is 6.30. The van der Waals surface area contributed by atoms with Gasteiger partial charge < -0.3 is 0 Å². The van der Waals surface area contributed by atoms with Crippen molar-refractivity contribution < 1.29 is 0 Å². The number of rotatable bonds is 2. The molecule has 3 aliphatic carbocycles. The topological polar surface area (TPSA) is 0 Å². The van der Waals surface area contributed by atoms with Gasteiger partial charge in [0.25, 0.3) is 0 Å². The summed E-state index contributed by atoms with van der Waals surface area (Å²) in [5, 5.41) is 21.5. The first-order chi connectivity index (χ1) is 36.2. The average Bonchev–Trinajstić information content (AvgIpc) is 4.00. The zero-order valence-electron chi connectivity index (χ0n) is 43.8. The maximum atomic E-state index is 2.56. The van der Waals surface area contributed by atoms with Crippen LogP contribution in [0.25, 0.3) is 164 Å². The molecular formula is C75H54. The molecule has 75 heavy (non-hydrogen) atoms. The van der Waals surface area contributed by atoms with Crippen molar-refractivity contribution in [1.29, 1.82) is 0 Å². The first-order valence-electron chi connectivity index (χ1n) is 27.1. The molecule has 0 heteroatoms. The van der Waals surface area contributed by atoms with Crippen molar-refractivity contribution in [2.24, 2.45) is 0 Å². The van der Waals surface area contributed by atoms with Crippen LogP contribution in [0.3, 0.4) is 0 Å². The van der Waals surface area contributed by atoms with Crippen LogP contribution in [-0.2, 0) is 16.2 Å². The van der Waals surface area contributed by atoms with Crippen LogP contribution >= 0.6 is 0 Å². The molecule has 3 aliphatic rings. The largest absolute Gasteiger partial charge is 0.0610 e. The molecule has 0 amide bonds. The van der Waals surface area contributed by atoms with Gasteiger partial charge in [0, 0.05) is 5.41 Å². The minimum absolute atomic E-state index is 0.0807. The first kappa shape index (κ1) is 42.1. The maximum Gasteiger partial charge on any atom is 0.0159 e. The van der Waals surface area contributed by atoms with Gasteiger partial charge in [0.15, 0.2) is 0 Å². The molecule has 0 fully saturated rings. The fourth-order valence-electron chi connectivity index (χ4n) is 14.9. The lowest BCUT2D eigenvalue weighted by atomic mass is 9.80. The number of benzene rings is 14. The minimum Gasteiger partial charge on any atom is -0.0610 e. The highest BCUT2D eigenvalue weighted by Crippen LogP contribution is 2.60. The number of fused-ring (bicyclic) bond motifs is 9. The van der Waals surface area contributed by atoms with Crippen LogP contribution in [0.15, 0.2) is 182 Å². The second-order valence-corrected chi connectivity index (χ2v) is 25.2. The van der Waals surface area contributed by atoms with E-state index < -0.39 is 0 Å². The van der Waals surface area contributed by atoms with E-state index in [0.29, 0.717) is 0 Å². The molecule has 0 bridgehead atoms. The Kier molecular flexibility index (Phi) is 7.68.